The van der Waals surface area contributed by atoms with Gasteiger partial charge >= 0.3 is 0 Å². The van der Waals surface area contributed by atoms with Gasteiger partial charge in [0.1, 0.15) is 0 Å². The number of benzene rings is 1. The molecule has 110 valence electrons. The molecule has 20 heavy (non-hydrogen) atoms. The van der Waals surface area contributed by atoms with Crippen LogP contribution in [0, 0.1) is 5.41 Å². The highest BCUT2D eigenvalue weighted by Crippen LogP contribution is 2.51. The lowest BCUT2D eigenvalue weighted by atomic mass is 9.81. The van der Waals surface area contributed by atoms with Crippen LogP contribution in [0.1, 0.15) is 59.4 Å². The maximum atomic E-state index is 3.78. The molecule has 0 spiro atoms. The number of rotatable bonds is 0. The molecule has 1 N–H and O–H groups in total. The molecule has 0 bridgehead atoms. The van der Waals surface area contributed by atoms with E-state index in [2.05, 4.69) is 76.0 Å². The van der Waals surface area contributed by atoms with Gasteiger partial charge in [-0.3, -0.25) is 4.90 Å². The highest BCUT2D eigenvalue weighted by Gasteiger charge is 2.52. The minimum absolute atomic E-state index is 0.187. The topological polar surface area (TPSA) is 15.3 Å². The van der Waals surface area contributed by atoms with Gasteiger partial charge in [-0.25, -0.2) is 0 Å². The van der Waals surface area contributed by atoms with Crippen molar-refractivity contribution in [2.75, 3.05) is 5.32 Å². The van der Waals surface area contributed by atoms with Gasteiger partial charge in [0.05, 0.1) is 6.17 Å². The number of anilines is 1. The Morgan fingerprint density at radius 3 is 2.30 bits per heavy atom. The van der Waals surface area contributed by atoms with E-state index in [1.165, 1.54) is 17.7 Å². The third-order valence-electron chi connectivity index (χ3n) is 4.93. The minimum Gasteiger partial charge on any atom is -0.369 e. The van der Waals surface area contributed by atoms with Crippen molar-refractivity contribution in [1.82, 2.24) is 4.90 Å². The predicted octanol–water partition coefficient (Wildman–Crippen LogP) is 4.44. The zero-order chi connectivity index (χ0) is 14.7. The second-order valence-corrected chi connectivity index (χ2v) is 8.48. The van der Waals surface area contributed by atoms with Crippen LogP contribution in [-0.2, 0) is 0 Å². The molecule has 0 saturated carbocycles. The lowest BCUT2D eigenvalue weighted by Gasteiger charge is -2.45. The van der Waals surface area contributed by atoms with Gasteiger partial charge < -0.3 is 5.32 Å². The summed E-state index contributed by atoms with van der Waals surface area (Å²) in [5.41, 5.74) is 3.35. The van der Waals surface area contributed by atoms with E-state index in [0.717, 1.165) is 0 Å². The number of hydrogen-bond acceptors (Lipinski definition) is 2. The molecule has 1 aromatic rings. The van der Waals surface area contributed by atoms with Crippen LogP contribution in [0.4, 0.5) is 5.69 Å². The number of likely N-dealkylation sites (tertiary alicyclic amines) is 1. The number of nitrogens with zero attached hydrogens (tertiary/aromatic N) is 1. The molecule has 0 amide bonds. The van der Waals surface area contributed by atoms with Crippen molar-refractivity contribution < 1.29 is 0 Å². The summed E-state index contributed by atoms with van der Waals surface area (Å²) in [5, 5.41) is 3.78. The summed E-state index contributed by atoms with van der Waals surface area (Å²) in [4.78, 5) is 2.72. The van der Waals surface area contributed by atoms with Crippen molar-refractivity contribution in [2.24, 2.45) is 5.41 Å². The molecule has 0 radical (unpaired) electrons. The molecular formula is C18H28N2. The van der Waals surface area contributed by atoms with Crippen LogP contribution in [0.5, 0.6) is 0 Å². The Balaban J connectivity index is 2.01. The molecule has 2 aliphatic heterocycles. The summed E-state index contributed by atoms with van der Waals surface area (Å²) >= 11 is 0. The van der Waals surface area contributed by atoms with Crippen molar-refractivity contribution >= 4 is 5.69 Å². The van der Waals surface area contributed by atoms with Crippen LogP contribution < -0.4 is 5.32 Å². The Labute approximate surface area is 123 Å². The van der Waals surface area contributed by atoms with Crippen molar-refractivity contribution in [1.29, 1.82) is 0 Å². The zero-order valence-corrected chi connectivity index (χ0v) is 13.7. The van der Waals surface area contributed by atoms with Crippen LogP contribution in [-0.4, -0.2) is 22.6 Å². The van der Waals surface area contributed by atoms with E-state index in [1.54, 1.807) is 0 Å². The first-order valence-electron chi connectivity index (χ1n) is 7.83. The van der Waals surface area contributed by atoms with E-state index in [9.17, 15) is 0 Å². The number of para-hydroxylation sites is 1. The summed E-state index contributed by atoms with van der Waals surface area (Å²) in [7, 11) is 0. The lowest BCUT2D eigenvalue weighted by Crippen LogP contribution is -2.55. The molecule has 1 aromatic carbocycles. The molecule has 1 saturated heterocycles. The normalized spacial score (nSPS) is 30.0. The molecule has 1 fully saturated rings. The molecule has 2 heterocycles. The standard InChI is InChI=1S/C18H28N2/c1-17(2,3)15-11-13-12-9-7-8-10-14(12)19-16(13)20(15)18(4,5)6/h7-10,13,15-16,19H,11H2,1-6H3. The Bertz CT molecular complexity index is 507. The Kier molecular flexibility index (Phi) is 2.95. The van der Waals surface area contributed by atoms with E-state index >= 15 is 0 Å². The monoisotopic (exact) mass is 272 g/mol. The van der Waals surface area contributed by atoms with Crippen LogP contribution in [0.25, 0.3) is 0 Å². The third-order valence-corrected chi connectivity index (χ3v) is 4.93. The largest absolute Gasteiger partial charge is 0.369 e. The number of nitrogens with one attached hydrogen (secondary N) is 1. The first-order valence-corrected chi connectivity index (χ1v) is 7.83. The molecular weight excluding hydrogens is 244 g/mol. The van der Waals surface area contributed by atoms with E-state index in [-0.39, 0.29) is 5.54 Å². The SMILES string of the molecule is CC(C)(C)C1CC2c3ccccc3NC2N1C(C)(C)C. The first-order chi connectivity index (χ1) is 9.19. The van der Waals surface area contributed by atoms with Gasteiger partial charge in [-0.1, -0.05) is 39.0 Å². The van der Waals surface area contributed by atoms with Gasteiger partial charge in [0.25, 0.3) is 0 Å². The molecule has 3 atom stereocenters. The summed E-state index contributed by atoms with van der Waals surface area (Å²) in [6.45, 7) is 14.2. The maximum Gasteiger partial charge on any atom is 0.0871 e. The second kappa shape index (κ2) is 4.24. The van der Waals surface area contributed by atoms with E-state index < -0.39 is 0 Å². The predicted molar refractivity (Wildman–Crippen MR) is 86.0 cm³/mol. The fraction of sp³-hybridized carbons (Fsp3) is 0.667. The maximum absolute atomic E-state index is 3.78. The Morgan fingerprint density at radius 2 is 1.70 bits per heavy atom. The summed E-state index contributed by atoms with van der Waals surface area (Å²) in [6, 6.07) is 9.46. The number of hydrogen-bond donors (Lipinski definition) is 1. The fourth-order valence-electron chi connectivity index (χ4n) is 4.10. The van der Waals surface area contributed by atoms with Crippen LogP contribution in [0.15, 0.2) is 24.3 Å². The van der Waals surface area contributed by atoms with Crippen molar-refractivity contribution in [3.05, 3.63) is 29.8 Å². The van der Waals surface area contributed by atoms with E-state index in [0.29, 0.717) is 23.5 Å². The average Bonchev–Trinajstić information content (AvgIpc) is 2.81. The minimum atomic E-state index is 0.187. The molecule has 0 aromatic heterocycles. The number of fused-ring (bicyclic) bond motifs is 3. The summed E-state index contributed by atoms with van der Waals surface area (Å²) in [6.07, 6.45) is 1.71. The van der Waals surface area contributed by atoms with Crippen molar-refractivity contribution in [2.45, 2.75) is 71.6 Å². The third kappa shape index (κ3) is 2.05. The van der Waals surface area contributed by atoms with Crippen LogP contribution >= 0.6 is 0 Å². The molecule has 3 unspecified atom stereocenters. The van der Waals surface area contributed by atoms with Crippen LogP contribution in [0.3, 0.4) is 0 Å². The Morgan fingerprint density at radius 1 is 1.05 bits per heavy atom. The summed E-state index contributed by atoms with van der Waals surface area (Å²) < 4.78 is 0. The smallest absolute Gasteiger partial charge is 0.0871 e. The molecule has 2 heteroatoms. The summed E-state index contributed by atoms with van der Waals surface area (Å²) in [5.74, 6) is 0.634. The van der Waals surface area contributed by atoms with E-state index in [4.69, 9.17) is 0 Å². The van der Waals surface area contributed by atoms with Gasteiger partial charge in [-0.2, -0.15) is 0 Å². The highest BCUT2D eigenvalue weighted by atomic mass is 15.4. The molecule has 0 aliphatic carbocycles. The molecule has 2 nitrogen and oxygen atoms in total. The average molecular weight is 272 g/mol. The first kappa shape index (κ1) is 13.9. The Hall–Kier alpha value is -1.02. The highest BCUT2D eigenvalue weighted by molar-refractivity contribution is 5.60. The van der Waals surface area contributed by atoms with Crippen molar-refractivity contribution in [3.8, 4) is 0 Å². The lowest BCUT2D eigenvalue weighted by molar-refractivity contribution is 0.0334. The van der Waals surface area contributed by atoms with Crippen molar-refractivity contribution in [3.63, 3.8) is 0 Å². The van der Waals surface area contributed by atoms with Gasteiger partial charge in [-0.05, 0) is 44.2 Å². The second-order valence-electron chi connectivity index (χ2n) is 8.48. The zero-order valence-electron chi connectivity index (χ0n) is 13.7. The van der Waals surface area contributed by atoms with Gasteiger partial charge in [0.15, 0.2) is 0 Å². The quantitative estimate of drug-likeness (QED) is 0.751. The van der Waals surface area contributed by atoms with Gasteiger partial charge in [0.2, 0.25) is 0 Å². The fourth-order valence-corrected chi connectivity index (χ4v) is 4.10. The van der Waals surface area contributed by atoms with Gasteiger partial charge in [0, 0.05) is 23.2 Å². The van der Waals surface area contributed by atoms with Crippen LogP contribution in [0.2, 0.25) is 0 Å². The molecule has 2 aliphatic rings. The van der Waals surface area contributed by atoms with Gasteiger partial charge in [-0.15, -0.1) is 0 Å². The molecule has 3 rings (SSSR count). The van der Waals surface area contributed by atoms with E-state index in [1.807, 2.05) is 0 Å².